The molecule has 0 saturated heterocycles. The number of nitrogens with zero attached hydrogens (tertiary/aromatic N) is 2. The van der Waals surface area contributed by atoms with Crippen LogP contribution in [-0.4, -0.2) is 51.6 Å². The van der Waals surface area contributed by atoms with Gasteiger partial charge in [0.25, 0.3) is 5.91 Å². The molecular formula is C23H25FN4O4. The Kier molecular flexibility index (Phi) is 8.04. The van der Waals surface area contributed by atoms with Gasteiger partial charge in [-0.05, 0) is 48.6 Å². The van der Waals surface area contributed by atoms with E-state index in [9.17, 15) is 19.1 Å². The molecule has 1 heterocycles. The van der Waals surface area contributed by atoms with Gasteiger partial charge in [-0.25, -0.2) is 4.39 Å². The topological polar surface area (TPSA) is 117 Å². The molecule has 168 valence electrons. The predicted molar refractivity (Wildman–Crippen MR) is 115 cm³/mol. The van der Waals surface area contributed by atoms with Gasteiger partial charge < -0.3 is 15.2 Å². The van der Waals surface area contributed by atoms with Crippen molar-refractivity contribution in [3.63, 3.8) is 0 Å². The summed E-state index contributed by atoms with van der Waals surface area (Å²) in [5.74, 6) is -2.04. The Morgan fingerprint density at radius 2 is 1.97 bits per heavy atom. The molecule has 2 aromatic carbocycles. The highest BCUT2D eigenvalue weighted by molar-refractivity contribution is 5.92. The predicted octanol–water partition coefficient (Wildman–Crippen LogP) is 2.51. The maximum Gasteiger partial charge on any atom is 0.311 e. The summed E-state index contributed by atoms with van der Waals surface area (Å²) in [6.07, 6.45) is 1.89. The quantitative estimate of drug-likeness (QED) is 0.417. The molecule has 0 aliphatic carbocycles. The second-order valence-electron chi connectivity index (χ2n) is 7.30. The second-order valence-corrected chi connectivity index (χ2v) is 7.30. The average Bonchev–Trinajstić information content (AvgIpc) is 3.33. The molecule has 32 heavy (non-hydrogen) atoms. The molecule has 0 spiro atoms. The summed E-state index contributed by atoms with van der Waals surface area (Å²) in [7, 11) is 0. The third kappa shape index (κ3) is 6.21. The normalized spacial score (nSPS) is 12.7. The first-order chi connectivity index (χ1) is 15.5. The number of ether oxygens (including phenoxy) is 1. The smallest absolute Gasteiger partial charge is 0.311 e. The number of amides is 1. The SMILES string of the molecule is CCOC(=O)C(CO)CC(Cc1ccc(-c2cccc(F)c2)cc1)NC(=O)c1cn[nH]n1. The zero-order valence-electron chi connectivity index (χ0n) is 17.6. The number of carbonyl (C=O) groups is 2. The largest absolute Gasteiger partial charge is 0.466 e. The summed E-state index contributed by atoms with van der Waals surface area (Å²) in [5.41, 5.74) is 2.63. The van der Waals surface area contributed by atoms with Crippen LogP contribution >= 0.6 is 0 Å². The number of benzene rings is 2. The van der Waals surface area contributed by atoms with Gasteiger partial charge in [0.1, 0.15) is 5.82 Å². The van der Waals surface area contributed by atoms with Crippen molar-refractivity contribution in [1.82, 2.24) is 20.7 Å². The van der Waals surface area contributed by atoms with E-state index in [4.69, 9.17) is 4.74 Å². The molecule has 0 aliphatic heterocycles. The zero-order valence-corrected chi connectivity index (χ0v) is 17.6. The van der Waals surface area contributed by atoms with Gasteiger partial charge in [-0.15, -0.1) is 0 Å². The number of halogens is 1. The number of aliphatic hydroxyl groups is 1. The van der Waals surface area contributed by atoms with Crippen molar-refractivity contribution in [2.24, 2.45) is 5.92 Å². The number of aromatic nitrogens is 3. The van der Waals surface area contributed by atoms with Gasteiger partial charge in [-0.1, -0.05) is 36.4 Å². The molecule has 3 aromatic rings. The minimum absolute atomic E-state index is 0.119. The third-order valence-corrected chi connectivity index (χ3v) is 4.99. The fraction of sp³-hybridized carbons (Fsp3) is 0.304. The van der Waals surface area contributed by atoms with Gasteiger partial charge in [0.15, 0.2) is 5.69 Å². The Balaban J connectivity index is 1.76. The standard InChI is InChI=1S/C23H25FN4O4/c1-2-32-23(31)18(14-29)12-20(26-22(30)21-13-25-28-27-21)10-15-6-8-16(9-7-15)17-4-3-5-19(24)11-17/h3-9,11,13,18,20,29H,2,10,12,14H2,1H3,(H,26,30)(H,25,27,28). The summed E-state index contributed by atoms with van der Waals surface area (Å²) in [4.78, 5) is 24.6. The number of nitrogens with one attached hydrogen (secondary N) is 2. The summed E-state index contributed by atoms with van der Waals surface area (Å²) >= 11 is 0. The number of carbonyl (C=O) groups excluding carboxylic acids is 2. The Labute approximate surface area is 184 Å². The number of aliphatic hydroxyl groups excluding tert-OH is 1. The summed E-state index contributed by atoms with van der Waals surface area (Å²) in [6.45, 7) is 1.50. The molecule has 8 nitrogen and oxygen atoms in total. The van der Waals surface area contributed by atoms with Gasteiger partial charge >= 0.3 is 5.97 Å². The molecule has 0 aliphatic rings. The first-order valence-corrected chi connectivity index (χ1v) is 10.3. The minimum atomic E-state index is -0.774. The van der Waals surface area contributed by atoms with Gasteiger partial charge in [0.05, 0.1) is 25.3 Å². The molecule has 2 unspecified atom stereocenters. The summed E-state index contributed by atoms with van der Waals surface area (Å²) in [6, 6.07) is 13.4. The second kappa shape index (κ2) is 11.1. The Morgan fingerprint density at radius 3 is 2.59 bits per heavy atom. The number of hydrogen-bond acceptors (Lipinski definition) is 6. The molecule has 3 rings (SSSR count). The fourth-order valence-electron chi connectivity index (χ4n) is 3.40. The van der Waals surface area contributed by atoms with E-state index in [0.717, 1.165) is 16.7 Å². The maximum absolute atomic E-state index is 13.5. The first-order valence-electron chi connectivity index (χ1n) is 10.3. The monoisotopic (exact) mass is 440 g/mol. The number of aromatic amines is 1. The maximum atomic E-state index is 13.5. The van der Waals surface area contributed by atoms with Crippen molar-refractivity contribution in [2.75, 3.05) is 13.2 Å². The van der Waals surface area contributed by atoms with Crippen LogP contribution in [0.3, 0.4) is 0 Å². The highest BCUT2D eigenvalue weighted by Crippen LogP contribution is 2.22. The lowest BCUT2D eigenvalue weighted by atomic mass is 9.94. The number of H-pyrrole nitrogens is 1. The molecule has 2 atom stereocenters. The number of esters is 1. The van der Waals surface area contributed by atoms with Gasteiger partial charge in [-0.2, -0.15) is 15.4 Å². The molecule has 0 saturated carbocycles. The first kappa shape index (κ1) is 23.1. The summed E-state index contributed by atoms with van der Waals surface area (Å²) < 4.78 is 18.5. The molecule has 1 amide bonds. The molecule has 9 heteroatoms. The third-order valence-electron chi connectivity index (χ3n) is 4.99. The fourth-order valence-corrected chi connectivity index (χ4v) is 3.40. The van der Waals surface area contributed by atoms with E-state index in [1.54, 1.807) is 13.0 Å². The molecule has 1 aromatic heterocycles. The van der Waals surface area contributed by atoms with E-state index in [0.29, 0.717) is 6.42 Å². The van der Waals surface area contributed by atoms with E-state index < -0.39 is 30.4 Å². The average molecular weight is 440 g/mol. The van der Waals surface area contributed by atoms with Crippen LogP contribution in [0, 0.1) is 11.7 Å². The van der Waals surface area contributed by atoms with E-state index in [1.165, 1.54) is 18.3 Å². The highest BCUT2D eigenvalue weighted by atomic mass is 19.1. The van der Waals surface area contributed by atoms with Gasteiger partial charge in [-0.3, -0.25) is 9.59 Å². The van der Waals surface area contributed by atoms with E-state index in [2.05, 4.69) is 20.7 Å². The van der Waals surface area contributed by atoms with Crippen LogP contribution in [0.5, 0.6) is 0 Å². The lowest BCUT2D eigenvalue weighted by Crippen LogP contribution is -2.40. The highest BCUT2D eigenvalue weighted by Gasteiger charge is 2.26. The van der Waals surface area contributed by atoms with Crippen molar-refractivity contribution in [1.29, 1.82) is 0 Å². The van der Waals surface area contributed by atoms with Crippen LogP contribution in [0.15, 0.2) is 54.7 Å². The number of rotatable bonds is 10. The van der Waals surface area contributed by atoms with E-state index in [-0.39, 0.29) is 24.5 Å². The molecule has 0 fully saturated rings. The molecular weight excluding hydrogens is 415 g/mol. The van der Waals surface area contributed by atoms with E-state index in [1.807, 2.05) is 30.3 Å². The van der Waals surface area contributed by atoms with Crippen LogP contribution in [0.1, 0.15) is 29.4 Å². The lowest BCUT2D eigenvalue weighted by molar-refractivity contribution is -0.149. The molecule has 0 bridgehead atoms. The Bertz CT molecular complexity index is 1020. The Hall–Kier alpha value is -3.59. The van der Waals surface area contributed by atoms with Crippen LogP contribution < -0.4 is 5.32 Å². The van der Waals surface area contributed by atoms with Gasteiger partial charge in [0.2, 0.25) is 0 Å². The van der Waals surface area contributed by atoms with Crippen molar-refractivity contribution < 1.29 is 23.8 Å². The lowest BCUT2D eigenvalue weighted by Gasteiger charge is -2.22. The molecule has 3 N–H and O–H groups in total. The minimum Gasteiger partial charge on any atom is -0.466 e. The summed E-state index contributed by atoms with van der Waals surface area (Å²) in [5, 5.41) is 22.3. The van der Waals surface area contributed by atoms with E-state index >= 15 is 0 Å². The van der Waals surface area contributed by atoms with Crippen molar-refractivity contribution in [3.8, 4) is 11.1 Å². The number of hydrogen-bond donors (Lipinski definition) is 3. The van der Waals surface area contributed by atoms with Crippen LogP contribution in [0.25, 0.3) is 11.1 Å². The molecule has 0 radical (unpaired) electrons. The van der Waals surface area contributed by atoms with Gasteiger partial charge in [0, 0.05) is 6.04 Å². The zero-order chi connectivity index (χ0) is 22.9. The van der Waals surface area contributed by atoms with Crippen LogP contribution in [0.2, 0.25) is 0 Å². The van der Waals surface area contributed by atoms with Crippen molar-refractivity contribution >= 4 is 11.9 Å². The van der Waals surface area contributed by atoms with Crippen LogP contribution in [0.4, 0.5) is 4.39 Å². The Morgan fingerprint density at radius 1 is 1.19 bits per heavy atom. The van der Waals surface area contributed by atoms with Crippen LogP contribution in [-0.2, 0) is 16.0 Å². The van der Waals surface area contributed by atoms with Crippen molar-refractivity contribution in [3.05, 3.63) is 71.8 Å². The van der Waals surface area contributed by atoms with Crippen molar-refractivity contribution in [2.45, 2.75) is 25.8 Å².